The molecule has 7 heteroatoms. The van der Waals surface area contributed by atoms with Crippen LogP contribution in [0.15, 0.2) is 92.7 Å². The number of rotatable bonds is 6. The second-order valence-corrected chi connectivity index (χ2v) is 14.3. The summed E-state index contributed by atoms with van der Waals surface area (Å²) >= 11 is -5.42. The van der Waals surface area contributed by atoms with E-state index in [2.05, 4.69) is 4.82 Å². The maximum atomic E-state index is 13.4. The van der Waals surface area contributed by atoms with Crippen LogP contribution >= 0.6 is 0 Å². The van der Waals surface area contributed by atoms with Gasteiger partial charge < -0.3 is 0 Å². The molecule has 2 aromatic rings. The van der Waals surface area contributed by atoms with Crippen LogP contribution in [0.25, 0.3) is 0 Å². The van der Waals surface area contributed by atoms with Crippen molar-refractivity contribution in [3.05, 3.63) is 116 Å². The molecule has 0 bridgehead atoms. The molecule has 0 fully saturated rings. The van der Waals surface area contributed by atoms with Crippen LogP contribution in [0.1, 0.15) is 33.6 Å². The number of hydrogen-bond donors (Lipinski definition) is 0. The zero-order valence-electron chi connectivity index (χ0n) is 17.1. The molecule has 0 atom stereocenters. The summed E-state index contributed by atoms with van der Waals surface area (Å²) in [6.45, 7) is 0. The van der Waals surface area contributed by atoms with Gasteiger partial charge in [0, 0.05) is 0 Å². The van der Waals surface area contributed by atoms with Crippen LogP contribution in [-0.2, 0) is 22.3 Å². The Hall–Kier alpha value is -3.22. The first kappa shape index (κ1) is 22.0. The molecule has 0 spiro atoms. The Morgan fingerprint density at radius 3 is 1.41 bits per heavy atom. The average molecular weight is 470 g/mol. The minimum atomic E-state index is -5.42. The summed E-state index contributed by atoms with van der Waals surface area (Å²) in [4.78, 5) is 30.7. The molecule has 2 aliphatic carbocycles. The molecule has 4 nitrogen and oxygen atoms in total. The Morgan fingerprint density at radius 1 is 0.719 bits per heavy atom. The zero-order valence-corrected chi connectivity index (χ0v) is 18.7. The van der Waals surface area contributed by atoms with Crippen LogP contribution in [-0.4, -0.2) is 16.8 Å². The Balaban J connectivity index is 1.81. The van der Waals surface area contributed by atoms with Crippen LogP contribution in [0.4, 0.5) is 8.78 Å². The predicted octanol–water partition coefficient (Wildman–Crippen LogP) is 5.62. The summed E-state index contributed by atoms with van der Waals surface area (Å²) < 4.78 is 40.2. The van der Waals surface area contributed by atoms with E-state index >= 15 is 0 Å². The molecule has 0 N–H and O–H groups in total. The Labute approximate surface area is 185 Å². The van der Waals surface area contributed by atoms with Gasteiger partial charge in [0.15, 0.2) is 0 Å². The van der Waals surface area contributed by atoms with Crippen LogP contribution in [0, 0.1) is 11.6 Å². The van der Waals surface area contributed by atoms with E-state index in [-0.39, 0.29) is 11.1 Å². The van der Waals surface area contributed by atoms with E-state index in [1.54, 1.807) is 24.3 Å². The number of hydrogen-bond acceptors (Lipinski definition) is 4. The third kappa shape index (κ3) is 3.99. The number of halogens is 2. The summed E-state index contributed by atoms with van der Waals surface area (Å²) in [6, 6.07) is 9.82. The van der Waals surface area contributed by atoms with Gasteiger partial charge in [0.05, 0.1) is 0 Å². The van der Waals surface area contributed by atoms with Crippen molar-refractivity contribution in [2.75, 3.05) is 0 Å². The van der Waals surface area contributed by atoms with Gasteiger partial charge in [-0.05, 0) is 0 Å². The molecule has 4 rings (SSSR count). The monoisotopic (exact) mass is 470 g/mol. The maximum absolute atomic E-state index is 13.4. The van der Waals surface area contributed by atoms with E-state index in [0.717, 1.165) is 24.3 Å². The standard InChI is InChI=1S/2C7H5FO2.2C5H5.CH2.Ti/c2*8-6-3-1-5(2-4-6)7(9)10;2*1-2-4-5-3-1;;/h2*1-4H,(H,9,10);2*1-3H,4H2;1H2;/q;;;;;+2/p-2. The third-order valence-corrected chi connectivity index (χ3v) is 12.8. The Kier molecular flexibility index (Phi) is 5.76. The Morgan fingerprint density at radius 2 is 1.09 bits per heavy atom. The van der Waals surface area contributed by atoms with Gasteiger partial charge in [-0.1, -0.05) is 0 Å². The summed E-state index contributed by atoms with van der Waals surface area (Å²) in [7, 11) is 0. The van der Waals surface area contributed by atoms with E-state index in [1.807, 2.05) is 12.2 Å². The molecule has 0 aromatic heterocycles. The van der Waals surface area contributed by atoms with E-state index in [4.69, 9.17) is 6.64 Å². The molecule has 162 valence electrons. The van der Waals surface area contributed by atoms with Crippen LogP contribution in [0.2, 0.25) is 0 Å². The molecule has 0 saturated heterocycles. The second kappa shape index (κ2) is 8.38. The molecule has 0 aliphatic heterocycles. The number of benzene rings is 2. The summed E-state index contributed by atoms with van der Waals surface area (Å²) in [6.07, 6.45) is 11.7. The molecule has 0 amide bonds. The fraction of sp³-hybridized carbons (Fsp3) is 0.0800. The summed E-state index contributed by atoms with van der Waals surface area (Å²) in [5.74, 6) is -2.51. The van der Waals surface area contributed by atoms with Crippen LogP contribution in [0.5, 0.6) is 0 Å². The third-order valence-electron chi connectivity index (χ3n) is 5.62. The van der Waals surface area contributed by atoms with Crippen molar-refractivity contribution in [1.82, 2.24) is 0 Å². The summed E-state index contributed by atoms with van der Waals surface area (Å²) in [5, 5.41) is 0. The molecular weight excluding hydrogens is 450 g/mol. The fourth-order valence-corrected chi connectivity index (χ4v) is 9.95. The van der Waals surface area contributed by atoms with Crippen molar-refractivity contribution < 1.29 is 40.6 Å². The van der Waals surface area contributed by atoms with Crippen LogP contribution in [0.3, 0.4) is 0 Å². The van der Waals surface area contributed by atoms with Gasteiger partial charge in [-0.25, -0.2) is 0 Å². The van der Waals surface area contributed by atoms with Gasteiger partial charge in [-0.3, -0.25) is 0 Å². The van der Waals surface area contributed by atoms with Crippen molar-refractivity contribution in [3.8, 4) is 0 Å². The van der Waals surface area contributed by atoms with Gasteiger partial charge in [-0.15, -0.1) is 0 Å². The van der Waals surface area contributed by atoms with E-state index in [0.29, 0.717) is 20.6 Å². The van der Waals surface area contributed by atoms with Crippen LogP contribution < -0.4 is 0 Å². The SMILES string of the molecule is [CH2]=[Ti]([O]C(=O)c1ccc(F)cc1)([O]C(=O)c1ccc(F)cc1)([C]1=CC=CC1)[C]1=CC=CC1. The van der Waals surface area contributed by atoms with E-state index in [9.17, 15) is 18.4 Å². The fourth-order valence-electron chi connectivity index (χ4n) is 3.82. The van der Waals surface area contributed by atoms with Crippen molar-refractivity contribution >= 4 is 16.8 Å². The number of carbonyl (C=O) groups excluding carboxylic acids is 2. The first-order valence-electron chi connectivity index (χ1n) is 10.0. The van der Waals surface area contributed by atoms with Gasteiger partial charge >= 0.3 is 186 Å². The topological polar surface area (TPSA) is 52.6 Å². The van der Waals surface area contributed by atoms with Crippen molar-refractivity contribution in [3.63, 3.8) is 0 Å². The molecule has 0 unspecified atom stereocenters. The molecule has 2 aliphatic rings. The molecular formula is C25H20F2O4Ti. The first-order chi connectivity index (χ1) is 15.3. The normalized spacial score (nSPS) is 15.3. The second-order valence-electron chi connectivity index (χ2n) is 7.70. The number of allylic oxidation sites excluding steroid dienone is 8. The molecule has 32 heavy (non-hydrogen) atoms. The molecule has 0 saturated carbocycles. The predicted molar refractivity (Wildman–Crippen MR) is 114 cm³/mol. The van der Waals surface area contributed by atoms with Gasteiger partial charge in [0.25, 0.3) is 0 Å². The van der Waals surface area contributed by atoms with Gasteiger partial charge in [0.2, 0.25) is 0 Å². The molecule has 0 heterocycles. The van der Waals surface area contributed by atoms with Crippen molar-refractivity contribution in [2.45, 2.75) is 12.8 Å². The average Bonchev–Trinajstić information content (AvgIpc) is 3.50. The molecule has 2 aromatic carbocycles. The van der Waals surface area contributed by atoms with Gasteiger partial charge in [0.1, 0.15) is 0 Å². The summed E-state index contributed by atoms with van der Waals surface area (Å²) in [5.41, 5.74) is 0.225. The van der Waals surface area contributed by atoms with Crippen molar-refractivity contribution in [1.29, 1.82) is 0 Å². The zero-order chi connectivity index (χ0) is 22.8. The van der Waals surface area contributed by atoms with Crippen molar-refractivity contribution in [2.24, 2.45) is 0 Å². The molecule has 0 radical (unpaired) electrons. The Bertz CT molecular complexity index is 1170. The minimum absolute atomic E-state index is 0.112. The quantitative estimate of drug-likeness (QED) is 0.515. The van der Waals surface area contributed by atoms with Gasteiger partial charge in [-0.2, -0.15) is 0 Å². The van der Waals surface area contributed by atoms with E-state index in [1.165, 1.54) is 24.3 Å². The van der Waals surface area contributed by atoms with E-state index < -0.39 is 39.2 Å². The number of carbonyl (C=O) groups is 2. The first-order valence-corrected chi connectivity index (χ1v) is 14.0.